The van der Waals surface area contributed by atoms with Crippen LogP contribution in [0.1, 0.15) is 81.6 Å². The number of aromatic hydroxyl groups is 1. The van der Waals surface area contributed by atoms with Crippen molar-refractivity contribution in [2.45, 2.75) is 66.1 Å². The molecule has 0 aliphatic rings. The molecule has 0 fully saturated rings. The fraction of sp³-hybridized carbons (Fsp3) is 0.172. The van der Waals surface area contributed by atoms with Crippen LogP contribution in [0.25, 0.3) is 83.9 Å². The topological polar surface area (TPSA) is 50.9 Å². The van der Waals surface area contributed by atoms with Gasteiger partial charge < -0.3 is 5.11 Å². The molecular formula is C58H53N3O. The fourth-order valence-electron chi connectivity index (χ4n) is 7.80. The SMILES string of the molecule is [2H]c1nc(-c2cc(-c3cccc4c3nc(-c3ccccc3O)n4-c3cc(-c4ccccc4)c(C([2H])([2H])[2H])cc3-c3ccc(C(C)(C)C)cc3)cc(C(C)(C)C)c2)c([2H])c(-c2c([2H])c([2H])c(C([2H])([2H])[2H])c([2H])c2[2H])c1[2H]. The van der Waals surface area contributed by atoms with Gasteiger partial charge in [0.15, 0.2) is 0 Å². The summed E-state index contributed by atoms with van der Waals surface area (Å²) >= 11 is 0. The number of rotatable bonds is 7. The van der Waals surface area contributed by atoms with Gasteiger partial charge in [-0.25, -0.2) is 4.98 Å². The lowest BCUT2D eigenvalue weighted by molar-refractivity contribution is 0.477. The Balaban J connectivity index is 1.36. The molecule has 0 amide bonds. The van der Waals surface area contributed by atoms with Gasteiger partial charge in [-0.05, 0) is 129 Å². The summed E-state index contributed by atoms with van der Waals surface area (Å²) in [5.74, 6) is 0.305. The van der Waals surface area contributed by atoms with Crippen molar-refractivity contribution in [3.63, 3.8) is 0 Å². The van der Waals surface area contributed by atoms with Crippen LogP contribution in [-0.2, 0) is 10.8 Å². The summed E-state index contributed by atoms with van der Waals surface area (Å²) in [6.45, 7) is 6.87. The van der Waals surface area contributed by atoms with Gasteiger partial charge in [0.1, 0.15) is 11.6 Å². The van der Waals surface area contributed by atoms with Crippen LogP contribution in [0.3, 0.4) is 0 Å². The van der Waals surface area contributed by atoms with Crippen LogP contribution in [0, 0.1) is 13.7 Å². The molecule has 306 valence electrons. The first-order valence-corrected chi connectivity index (χ1v) is 20.5. The summed E-state index contributed by atoms with van der Waals surface area (Å²) in [4.78, 5) is 9.80. The summed E-state index contributed by atoms with van der Waals surface area (Å²) in [5, 5.41) is 11.6. The number of phenols is 1. The molecule has 7 aromatic carbocycles. The molecule has 0 saturated carbocycles. The van der Waals surface area contributed by atoms with Crippen molar-refractivity contribution in [1.82, 2.24) is 14.5 Å². The van der Waals surface area contributed by atoms with Crippen LogP contribution < -0.4 is 0 Å². The van der Waals surface area contributed by atoms with Crippen molar-refractivity contribution in [3.05, 3.63) is 192 Å². The van der Waals surface area contributed by atoms with Crippen LogP contribution >= 0.6 is 0 Å². The van der Waals surface area contributed by atoms with Crippen LogP contribution in [-0.4, -0.2) is 19.6 Å². The smallest absolute Gasteiger partial charge is 0.149 e. The average Bonchev–Trinajstić information content (AvgIpc) is 3.73. The fourth-order valence-corrected chi connectivity index (χ4v) is 7.80. The zero-order valence-electron chi connectivity index (χ0n) is 48.4. The maximum absolute atomic E-state index is 11.6. The van der Waals surface area contributed by atoms with E-state index in [0.717, 1.165) is 16.7 Å². The molecule has 9 aromatic rings. The Morgan fingerprint density at radius 2 is 1.24 bits per heavy atom. The predicted octanol–water partition coefficient (Wildman–Crippen LogP) is 15.3. The number of fused-ring (bicyclic) bond motifs is 1. The Hall–Kier alpha value is -7.04. The summed E-state index contributed by atoms with van der Waals surface area (Å²) in [5.41, 5.74) is 5.67. The molecule has 4 heteroatoms. The Labute approximate surface area is 384 Å². The van der Waals surface area contributed by atoms with E-state index in [1.807, 2.05) is 116 Å². The summed E-state index contributed by atoms with van der Waals surface area (Å²) in [6.07, 6.45) is -0.605. The van der Waals surface area contributed by atoms with E-state index in [0.29, 0.717) is 61.5 Å². The maximum Gasteiger partial charge on any atom is 0.149 e. The Bertz CT molecular complexity index is 3710. The lowest BCUT2D eigenvalue weighted by Gasteiger charge is -2.22. The average molecular weight is 821 g/mol. The highest BCUT2D eigenvalue weighted by atomic mass is 16.3. The molecule has 0 unspecified atom stereocenters. The first-order valence-electron chi connectivity index (χ1n) is 27.0. The number of aromatic nitrogens is 3. The lowest BCUT2D eigenvalue weighted by atomic mass is 9.83. The van der Waals surface area contributed by atoms with Crippen LogP contribution in [0.2, 0.25) is 0 Å². The molecule has 0 aliphatic carbocycles. The maximum atomic E-state index is 11.6. The van der Waals surface area contributed by atoms with Gasteiger partial charge in [0.25, 0.3) is 0 Å². The third-order valence-electron chi connectivity index (χ3n) is 11.2. The minimum Gasteiger partial charge on any atom is -0.507 e. The summed E-state index contributed by atoms with van der Waals surface area (Å²) in [7, 11) is 0. The van der Waals surface area contributed by atoms with E-state index < -0.39 is 78.2 Å². The van der Waals surface area contributed by atoms with Crippen molar-refractivity contribution >= 4 is 11.0 Å². The van der Waals surface area contributed by atoms with Gasteiger partial charge in [0, 0.05) is 31.1 Å². The highest BCUT2D eigenvalue weighted by Gasteiger charge is 2.25. The van der Waals surface area contributed by atoms with Crippen molar-refractivity contribution in [3.8, 4) is 78.6 Å². The minimum absolute atomic E-state index is 0.0465. The van der Waals surface area contributed by atoms with E-state index in [1.165, 1.54) is 0 Å². The van der Waals surface area contributed by atoms with Crippen molar-refractivity contribution < 1.29 is 22.9 Å². The zero-order chi connectivity index (χ0) is 54.4. The van der Waals surface area contributed by atoms with Gasteiger partial charge in [-0.15, -0.1) is 0 Å². The number of imidazole rings is 1. The van der Waals surface area contributed by atoms with Crippen LogP contribution in [0.5, 0.6) is 5.75 Å². The number of hydrogen-bond donors (Lipinski definition) is 1. The second-order valence-corrected chi connectivity index (χ2v) is 17.6. The number of phenolic OH excluding ortho intramolecular Hbond substituents is 1. The van der Waals surface area contributed by atoms with Crippen molar-refractivity contribution in [1.29, 1.82) is 0 Å². The quantitative estimate of drug-likeness (QED) is 0.174. The third kappa shape index (κ3) is 7.74. The second-order valence-electron chi connectivity index (χ2n) is 17.6. The monoisotopic (exact) mass is 821 g/mol. The molecular weight excluding hydrogens is 755 g/mol. The molecule has 0 radical (unpaired) electrons. The van der Waals surface area contributed by atoms with E-state index in [-0.39, 0.29) is 22.4 Å². The van der Waals surface area contributed by atoms with E-state index in [9.17, 15) is 6.48 Å². The Morgan fingerprint density at radius 3 is 1.95 bits per heavy atom. The molecule has 2 heterocycles. The number of pyridine rings is 1. The van der Waals surface area contributed by atoms with Crippen molar-refractivity contribution in [2.24, 2.45) is 0 Å². The normalized spacial score (nSPS) is 15.4. The number of nitrogens with zero attached hydrogens (tertiary/aromatic N) is 3. The number of benzene rings is 7. The molecule has 0 bridgehead atoms. The van der Waals surface area contributed by atoms with Gasteiger partial charge >= 0.3 is 0 Å². The van der Waals surface area contributed by atoms with E-state index in [2.05, 4.69) is 25.8 Å². The summed E-state index contributed by atoms with van der Waals surface area (Å²) < 4.78 is 115. The highest BCUT2D eigenvalue weighted by Crippen LogP contribution is 2.43. The first-order chi connectivity index (χ1) is 35.1. The molecule has 0 atom stereocenters. The largest absolute Gasteiger partial charge is 0.507 e. The molecule has 2 aromatic heterocycles. The Kier molecular flexibility index (Phi) is 7.06. The molecule has 4 nitrogen and oxygen atoms in total. The first kappa shape index (κ1) is 27.7. The number of hydrogen-bond acceptors (Lipinski definition) is 3. The van der Waals surface area contributed by atoms with Gasteiger partial charge in [0.05, 0.1) is 37.6 Å². The standard InChI is InChI=1S/C58H53N3O/c1-37-21-23-39(24-22-37)42-29-30-59-51(35-42)44-32-43(33-46(34-44)58(6,7)8)47-18-14-19-52-55(47)60-56(48-17-12-13-20-54(48)62)61(52)53-36-49(40-15-10-9-11-16-40)38(2)31-50(53)41-25-27-45(28-26-41)57(3,4)5/h9-36,62H,1-8H3/i1D3,2D3,21D,22D,23D,24D,29D,30D,35D. The molecule has 9 rings (SSSR count). The Morgan fingerprint density at radius 1 is 0.548 bits per heavy atom. The van der Waals surface area contributed by atoms with E-state index in [4.69, 9.17) is 21.4 Å². The van der Waals surface area contributed by atoms with Gasteiger partial charge in [-0.3, -0.25) is 9.55 Å². The third-order valence-corrected chi connectivity index (χ3v) is 11.2. The highest BCUT2D eigenvalue weighted by molar-refractivity contribution is 5.98. The lowest BCUT2D eigenvalue weighted by Crippen LogP contribution is -2.11. The van der Waals surface area contributed by atoms with E-state index >= 15 is 0 Å². The second kappa shape index (κ2) is 15.8. The molecule has 0 aliphatic heterocycles. The predicted molar refractivity (Wildman–Crippen MR) is 260 cm³/mol. The van der Waals surface area contributed by atoms with Gasteiger partial charge in [-0.1, -0.05) is 156 Å². The number of para-hydroxylation sites is 2. The molecule has 0 saturated heterocycles. The van der Waals surface area contributed by atoms with Gasteiger partial charge in [0.2, 0.25) is 0 Å². The van der Waals surface area contributed by atoms with Crippen LogP contribution in [0.15, 0.2) is 170 Å². The van der Waals surface area contributed by atoms with E-state index in [1.54, 1.807) is 36.4 Å². The molecule has 1 N–H and O–H groups in total. The molecule has 0 spiro atoms. The van der Waals surface area contributed by atoms with Gasteiger partial charge in [-0.2, -0.15) is 0 Å². The number of aryl methyl sites for hydroxylation is 1. The summed E-state index contributed by atoms with van der Waals surface area (Å²) in [6, 6.07) is 34.8. The minimum atomic E-state index is -2.99. The zero-order valence-corrected chi connectivity index (χ0v) is 35.4. The van der Waals surface area contributed by atoms with Crippen LogP contribution in [0.4, 0.5) is 0 Å². The molecule has 62 heavy (non-hydrogen) atoms. The van der Waals surface area contributed by atoms with Crippen molar-refractivity contribution in [2.75, 3.05) is 0 Å².